The van der Waals surface area contributed by atoms with Crippen molar-refractivity contribution in [2.24, 2.45) is 29.6 Å². The van der Waals surface area contributed by atoms with Crippen molar-refractivity contribution in [1.82, 2.24) is 4.98 Å². The summed E-state index contributed by atoms with van der Waals surface area (Å²) in [6.45, 7) is -0.183. The lowest BCUT2D eigenvalue weighted by Crippen LogP contribution is -2.42. The number of fused-ring (bicyclic) bond motifs is 9. The van der Waals surface area contributed by atoms with E-state index in [2.05, 4.69) is 10.3 Å². The molecule has 4 unspecified atom stereocenters. The number of H-pyrrole nitrogens is 1. The average Bonchev–Trinajstić information content (AvgIpc) is 3.76. The molecule has 3 fully saturated rings. The highest BCUT2D eigenvalue weighted by atomic mass is 35.5. The van der Waals surface area contributed by atoms with Crippen molar-refractivity contribution in [2.45, 2.75) is 22.6 Å². The van der Waals surface area contributed by atoms with Crippen molar-refractivity contribution in [3.8, 4) is 5.75 Å². The second-order valence-corrected chi connectivity index (χ2v) is 14.3. The van der Waals surface area contributed by atoms with E-state index >= 15 is 0 Å². The summed E-state index contributed by atoms with van der Waals surface area (Å²) >= 11 is 8.91. The first-order valence-electron chi connectivity index (χ1n) is 14.5. The van der Waals surface area contributed by atoms with Crippen LogP contribution in [0.4, 0.5) is 11.4 Å². The van der Waals surface area contributed by atoms with Crippen LogP contribution in [-0.2, 0) is 14.4 Å². The SMILES string of the molecule is O=C(COc1ccccc1[C@H]1c2sc(=O)[nH]c2SC2C1[C@H]1C[C@@H]2C2C(=O)N(c3ccc(Cl)cc3)C(=O)C21)Nc1ccccc1. The number of aromatic amines is 1. The summed E-state index contributed by atoms with van der Waals surface area (Å²) in [5.41, 5.74) is 2.10. The van der Waals surface area contributed by atoms with Crippen LogP contribution in [0.1, 0.15) is 22.8 Å². The number of thioether (sulfide) groups is 1. The van der Waals surface area contributed by atoms with Crippen molar-refractivity contribution < 1.29 is 19.1 Å². The van der Waals surface area contributed by atoms with Crippen LogP contribution in [0.2, 0.25) is 5.02 Å². The number of rotatable bonds is 6. The standard InChI is InChI=1S/C33H26ClN3O5S2/c34-16-10-12-18(13-11-16)37-31(39)26-20-14-21(27(26)32(37)40)28-25(20)24(29-30(43-28)36-33(41)44-29)19-8-4-5-9-22(19)42-15-23(38)35-17-6-2-1-3-7-17/h1-13,20-21,24-28H,14-15H2,(H,35,38)(H,36,41)/t20-,21-,24-,25?,26?,27?,28?/m1/s1. The summed E-state index contributed by atoms with van der Waals surface area (Å²) in [5.74, 6) is -1.10. The Kier molecular flexibility index (Phi) is 6.69. The van der Waals surface area contributed by atoms with Gasteiger partial charge in [-0.2, -0.15) is 0 Å². The van der Waals surface area contributed by atoms with Crippen LogP contribution in [0.5, 0.6) is 5.75 Å². The second-order valence-electron chi connectivity index (χ2n) is 11.7. The van der Waals surface area contributed by atoms with E-state index in [0.717, 1.165) is 21.9 Å². The van der Waals surface area contributed by atoms with E-state index in [1.54, 1.807) is 36.0 Å². The molecule has 7 atom stereocenters. The van der Waals surface area contributed by atoms with Gasteiger partial charge in [0.1, 0.15) is 5.75 Å². The zero-order valence-corrected chi connectivity index (χ0v) is 25.5. The summed E-state index contributed by atoms with van der Waals surface area (Å²) in [7, 11) is 0. The molecule has 3 amide bonds. The molecule has 3 heterocycles. The van der Waals surface area contributed by atoms with E-state index in [4.69, 9.17) is 16.3 Å². The molecule has 8 rings (SSSR count). The minimum atomic E-state index is -0.422. The van der Waals surface area contributed by atoms with Crippen LogP contribution in [0, 0.1) is 29.6 Å². The van der Waals surface area contributed by atoms with Crippen LogP contribution in [-0.4, -0.2) is 34.6 Å². The van der Waals surface area contributed by atoms with E-state index in [-0.39, 0.29) is 58.1 Å². The molecule has 11 heteroatoms. The molecule has 4 aliphatic rings. The Morgan fingerprint density at radius 1 is 0.932 bits per heavy atom. The van der Waals surface area contributed by atoms with Crippen molar-refractivity contribution in [1.29, 1.82) is 0 Å². The van der Waals surface area contributed by atoms with Gasteiger partial charge in [0.15, 0.2) is 6.61 Å². The Bertz CT molecular complexity index is 1860. The van der Waals surface area contributed by atoms with Crippen molar-refractivity contribution in [2.75, 3.05) is 16.8 Å². The van der Waals surface area contributed by atoms with Crippen LogP contribution in [0.3, 0.4) is 0 Å². The largest absolute Gasteiger partial charge is 0.483 e. The van der Waals surface area contributed by atoms with Gasteiger partial charge in [-0.25, -0.2) is 0 Å². The summed E-state index contributed by atoms with van der Waals surface area (Å²) in [4.78, 5) is 58.4. The van der Waals surface area contributed by atoms with Crippen molar-refractivity contribution >= 4 is 63.8 Å². The number of nitrogens with zero attached hydrogens (tertiary/aromatic N) is 1. The van der Waals surface area contributed by atoms with Gasteiger partial charge in [0.25, 0.3) is 5.91 Å². The van der Waals surface area contributed by atoms with Gasteiger partial charge in [-0.3, -0.25) is 24.1 Å². The van der Waals surface area contributed by atoms with Crippen LogP contribution in [0.15, 0.2) is 88.7 Å². The molecule has 2 saturated carbocycles. The monoisotopic (exact) mass is 643 g/mol. The highest BCUT2D eigenvalue weighted by molar-refractivity contribution is 8.00. The molecule has 8 nitrogen and oxygen atoms in total. The van der Waals surface area contributed by atoms with Crippen LogP contribution >= 0.6 is 34.7 Å². The lowest BCUT2D eigenvalue weighted by molar-refractivity contribution is -0.123. The number of para-hydroxylation sites is 2. The zero-order valence-electron chi connectivity index (χ0n) is 23.1. The number of nitrogens with one attached hydrogen (secondary N) is 2. The van der Waals surface area contributed by atoms with Gasteiger partial charge in [-0.1, -0.05) is 59.3 Å². The molecule has 3 aromatic carbocycles. The Morgan fingerprint density at radius 3 is 2.41 bits per heavy atom. The number of halogens is 1. The highest BCUT2D eigenvalue weighted by Crippen LogP contribution is 2.69. The maximum absolute atomic E-state index is 14.0. The molecule has 0 radical (unpaired) electrons. The number of hydrogen-bond acceptors (Lipinski definition) is 7. The van der Waals surface area contributed by atoms with Gasteiger partial charge < -0.3 is 15.0 Å². The minimum absolute atomic E-state index is 0.00228. The molecule has 0 spiro atoms. The summed E-state index contributed by atoms with van der Waals surface area (Å²) in [6, 6.07) is 23.6. The van der Waals surface area contributed by atoms with Crippen LogP contribution < -0.4 is 19.8 Å². The van der Waals surface area contributed by atoms with Gasteiger partial charge in [0, 0.05) is 32.3 Å². The molecule has 4 aromatic rings. The van der Waals surface area contributed by atoms with Gasteiger partial charge in [-0.15, -0.1) is 11.8 Å². The predicted molar refractivity (Wildman–Crippen MR) is 169 cm³/mol. The van der Waals surface area contributed by atoms with E-state index in [1.807, 2.05) is 54.6 Å². The second kappa shape index (κ2) is 10.6. The van der Waals surface area contributed by atoms with Crippen molar-refractivity contribution in [3.05, 3.63) is 104 Å². The van der Waals surface area contributed by atoms with E-state index in [0.29, 0.717) is 22.1 Å². The quantitative estimate of drug-likeness (QED) is 0.258. The first-order valence-corrected chi connectivity index (χ1v) is 16.6. The molecular formula is C33H26ClN3O5S2. The number of carbonyl (C=O) groups is 3. The maximum atomic E-state index is 14.0. The number of ether oxygens (including phenoxy) is 1. The first kappa shape index (κ1) is 27.7. The van der Waals surface area contributed by atoms with Gasteiger partial charge in [-0.05, 0) is 66.6 Å². The molecule has 2 bridgehead atoms. The topological polar surface area (TPSA) is 109 Å². The summed E-state index contributed by atoms with van der Waals surface area (Å²) < 4.78 is 6.14. The lowest BCUT2D eigenvalue weighted by Gasteiger charge is -2.43. The van der Waals surface area contributed by atoms with E-state index < -0.39 is 11.8 Å². The molecule has 222 valence electrons. The number of benzene rings is 3. The molecule has 2 aliphatic carbocycles. The third-order valence-corrected chi connectivity index (χ3v) is 12.3. The number of anilines is 2. The average molecular weight is 644 g/mol. The lowest BCUT2D eigenvalue weighted by atomic mass is 9.68. The van der Waals surface area contributed by atoms with Gasteiger partial charge in [0.2, 0.25) is 11.8 Å². The Hall–Kier alpha value is -3.86. The number of carbonyl (C=O) groups excluding carboxylic acids is 3. The molecule has 44 heavy (non-hydrogen) atoms. The maximum Gasteiger partial charge on any atom is 0.305 e. The van der Waals surface area contributed by atoms with E-state index in [9.17, 15) is 19.2 Å². The van der Waals surface area contributed by atoms with Gasteiger partial charge >= 0.3 is 4.87 Å². The molecule has 2 N–H and O–H groups in total. The fraction of sp³-hybridized carbons (Fsp3) is 0.273. The fourth-order valence-electron chi connectivity index (χ4n) is 7.94. The van der Waals surface area contributed by atoms with Gasteiger partial charge in [0.05, 0.1) is 22.5 Å². The fourth-order valence-corrected chi connectivity index (χ4v) is 10.9. The molecule has 2 aliphatic heterocycles. The number of imide groups is 1. The Labute approximate surface area is 265 Å². The summed E-state index contributed by atoms with van der Waals surface area (Å²) in [6.07, 6.45) is 0.780. The number of thiazole rings is 1. The third kappa shape index (κ3) is 4.34. The minimum Gasteiger partial charge on any atom is -0.483 e. The zero-order chi connectivity index (χ0) is 30.1. The number of amides is 3. The summed E-state index contributed by atoms with van der Waals surface area (Å²) in [5, 5.41) is 4.25. The van der Waals surface area contributed by atoms with E-state index in [1.165, 1.54) is 16.2 Å². The molecule has 1 aromatic heterocycles. The smallest absolute Gasteiger partial charge is 0.305 e. The Morgan fingerprint density at radius 2 is 1.64 bits per heavy atom. The third-order valence-electron chi connectivity index (χ3n) is 9.48. The highest BCUT2D eigenvalue weighted by Gasteiger charge is 2.69. The number of aromatic nitrogens is 1. The predicted octanol–water partition coefficient (Wildman–Crippen LogP) is 5.79. The van der Waals surface area contributed by atoms with Crippen LogP contribution in [0.25, 0.3) is 0 Å². The normalized spacial score (nSPS) is 28.0. The Balaban J connectivity index is 1.13. The molecular weight excluding hydrogens is 618 g/mol. The first-order chi connectivity index (χ1) is 21.4. The number of hydrogen-bond donors (Lipinski definition) is 2. The molecule has 1 saturated heterocycles. The van der Waals surface area contributed by atoms with Crippen molar-refractivity contribution in [3.63, 3.8) is 0 Å².